The normalized spacial score (nSPS) is 16.6. The first kappa shape index (κ1) is 21.8. The number of hydrogen-bond acceptors (Lipinski definition) is 4. The molecule has 2 fully saturated rings. The first-order chi connectivity index (χ1) is 11.3. The molecule has 1 saturated heterocycles. The van der Waals surface area contributed by atoms with E-state index in [0.29, 0.717) is 5.92 Å². The predicted molar refractivity (Wildman–Crippen MR) is 102 cm³/mol. The van der Waals surface area contributed by atoms with E-state index in [4.69, 9.17) is 0 Å². The van der Waals surface area contributed by atoms with Gasteiger partial charge in [-0.25, -0.2) is 9.97 Å². The van der Waals surface area contributed by atoms with Crippen molar-refractivity contribution >= 4 is 5.69 Å². The third-order valence-corrected chi connectivity index (χ3v) is 3.57. The smallest absolute Gasteiger partial charge is 0.131 e. The molecule has 1 saturated carbocycles. The molecule has 0 atom stereocenters. The molecule has 2 heterocycles. The maximum Gasteiger partial charge on any atom is 0.131 e. The molecule has 1 aromatic heterocycles. The van der Waals surface area contributed by atoms with Gasteiger partial charge in [0.15, 0.2) is 0 Å². The monoisotopic (exact) mass is 322 g/mol. The summed E-state index contributed by atoms with van der Waals surface area (Å²) in [5.74, 6) is 1.66. The molecule has 0 spiro atoms. The third-order valence-electron chi connectivity index (χ3n) is 3.57. The van der Waals surface area contributed by atoms with Crippen molar-refractivity contribution in [3.05, 3.63) is 18.2 Å². The molecule has 0 radical (unpaired) electrons. The summed E-state index contributed by atoms with van der Waals surface area (Å²) in [6.45, 7) is 13.6. The number of hydrogen-bond donors (Lipinski definition) is 1. The predicted octanol–water partition coefficient (Wildman–Crippen LogP) is 4.94. The van der Waals surface area contributed by atoms with Crippen LogP contribution in [0.25, 0.3) is 0 Å². The lowest BCUT2D eigenvalue weighted by atomic mass is 10.1. The molecule has 23 heavy (non-hydrogen) atoms. The summed E-state index contributed by atoms with van der Waals surface area (Å²) in [6, 6.07) is 0. The fourth-order valence-corrected chi connectivity index (χ4v) is 2.24. The Morgan fingerprint density at radius 3 is 1.87 bits per heavy atom. The largest absolute Gasteiger partial charge is 0.383 e. The Morgan fingerprint density at radius 2 is 1.52 bits per heavy atom. The summed E-state index contributed by atoms with van der Waals surface area (Å²) in [6.07, 6.45) is 10.5. The minimum absolute atomic E-state index is 0.653. The van der Waals surface area contributed by atoms with Gasteiger partial charge in [-0.1, -0.05) is 34.1 Å². The van der Waals surface area contributed by atoms with Gasteiger partial charge in [0, 0.05) is 12.5 Å². The van der Waals surface area contributed by atoms with Gasteiger partial charge in [-0.05, 0) is 52.7 Å². The SMILES string of the molecule is CC.CC.CCNc1cnc(C2CC2)nc1.CN1CCCCC1. The van der Waals surface area contributed by atoms with Crippen LogP contribution in [0.5, 0.6) is 0 Å². The standard InChI is InChI=1S/C9H13N3.C6H13N.2C2H6/c1-2-10-8-5-11-9(12-6-8)7-3-4-7;1-7-5-3-2-4-6-7;2*1-2/h5-7,10H,2-4H2,1H3;2-6H2,1H3;2*1-2H3. The van der Waals surface area contributed by atoms with Gasteiger partial charge in [-0.15, -0.1) is 0 Å². The van der Waals surface area contributed by atoms with Crippen LogP contribution in [0.4, 0.5) is 5.69 Å². The Labute approximate surface area is 144 Å². The fourth-order valence-electron chi connectivity index (χ4n) is 2.24. The highest BCUT2D eigenvalue weighted by atomic mass is 15.1. The molecule has 4 heteroatoms. The number of aromatic nitrogens is 2. The van der Waals surface area contributed by atoms with Crippen molar-refractivity contribution in [3.8, 4) is 0 Å². The maximum absolute atomic E-state index is 4.29. The molecule has 1 aromatic rings. The van der Waals surface area contributed by atoms with Crippen LogP contribution in [0.3, 0.4) is 0 Å². The minimum Gasteiger partial charge on any atom is -0.383 e. The zero-order valence-corrected chi connectivity index (χ0v) is 16.2. The van der Waals surface area contributed by atoms with Gasteiger partial charge in [0.05, 0.1) is 18.1 Å². The average Bonchev–Trinajstić information content (AvgIpc) is 3.46. The molecular formula is C19H38N4. The van der Waals surface area contributed by atoms with E-state index in [1.165, 1.54) is 45.2 Å². The molecular weight excluding hydrogens is 284 g/mol. The second-order valence-corrected chi connectivity index (χ2v) is 5.50. The third kappa shape index (κ3) is 10.3. The molecule has 1 aliphatic heterocycles. The average molecular weight is 323 g/mol. The van der Waals surface area contributed by atoms with E-state index >= 15 is 0 Å². The summed E-state index contributed by atoms with van der Waals surface area (Å²) in [5.41, 5.74) is 1.02. The summed E-state index contributed by atoms with van der Waals surface area (Å²) in [5, 5.41) is 3.17. The maximum atomic E-state index is 4.29. The zero-order chi connectivity index (χ0) is 17.5. The van der Waals surface area contributed by atoms with Gasteiger partial charge in [0.2, 0.25) is 0 Å². The van der Waals surface area contributed by atoms with Crippen LogP contribution in [-0.2, 0) is 0 Å². The highest BCUT2D eigenvalue weighted by molar-refractivity contribution is 5.37. The summed E-state index contributed by atoms with van der Waals surface area (Å²) >= 11 is 0. The van der Waals surface area contributed by atoms with E-state index in [1.807, 2.05) is 40.1 Å². The Bertz CT molecular complexity index is 354. The van der Waals surface area contributed by atoms with Crippen molar-refractivity contribution in [1.29, 1.82) is 0 Å². The summed E-state index contributed by atoms with van der Waals surface area (Å²) in [7, 11) is 2.19. The summed E-state index contributed by atoms with van der Waals surface area (Å²) in [4.78, 5) is 11.0. The highest BCUT2D eigenvalue weighted by Gasteiger charge is 2.25. The van der Waals surface area contributed by atoms with Crippen molar-refractivity contribution < 1.29 is 0 Å². The molecule has 0 bridgehead atoms. The van der Waals surface area contributed by atoms with E-state index in [2.05, 4.69) is 34.2 Å². The van der Waals surface area contributed by atoms with Crippen LogP contribution in [0.15, 0.2) is 12.4 Å². The van der Waals surface area contributed by atoms with Gasteiger partial charge >= 0.3 is 0 Å². The van der Waals surface area contributed by atoms with Crippen LogP contribution in [0, 0.1) is 0 Å². The quantitative estimate of drug-likeness (QED) is 0.855. The molecule has 3 rings (SSSR count). The Kier molecular flexibility index (Phi) is 13.7. The number of anilines is 1. The fraction of sp³-hybridized carbons (Fsp3) is 0.789. The number of likely N-dealkylation sites (tertiary alicyclic amines) is 1. The van der Waals surface area contributed by atoms with Gasteiger partial charge in [0.1, 0.15) is 5.82 Å². The lowest BCUT2D eigenvalue weighted by Crippen LogP contribution is -2.24. The molecule has 0 unspecified atom stereocenters. The van der Waals surface area contributed by atoms with E-state index in [-0.39, 0.29) is 0 Å². The number of piperidine rings is 1. The van der Waals surface area contributed by atoms with E-state index in [0.717, 1.165) is 18.1 Å². The van der Waals surface area contributed by atoms with Gasteiger partial charge in [-0.3, -0.25) is 0 Å². The first-order valence-corrected chi connectivity index (χ1v) is 9.54. The molecule has 1 N–H and O–H groups in total. The second kappa shape index (κ2) is 14.4. The summed E-state index contributed by atoms with van der Waals surface area (Å²) < 4.78 is 0. The lowest BCUT2D eigenvalue weighted by Gasteiger charge is -2.20. The van der Waals surface area contributed by atoms with Crippen LogP contribution < -0.4 is 5.32 Å². The van der Waals surface area contributed by atoms with E-state index < -0.39 is 0 Å². The Morgan fingerprint density at radius 1 is 1.00 bits per heavy atom. The molecule has 2 aliphatic rings. The van der Waals surface area contributed by atoms with E-state index in [9.17, 15) is 0 Å². The second-order valence-electron chi connectivity index (χ2n) is 5.50. The van der Waals surface area contributed by atoms with Crippen LogP contribution in [-0.4, -0.2) is 41.5 Å². The number of rotatable bonds is 3. The highest BCUT2D eigenvalue weighted by Crippen LogP contribution is 2.37. The first-order valence-electron chi connectivity index (χ1n) is 9.54. The van der Waals surface area contributed by atoms with Crippen LogP contribution in [0.1, 0.15) is 78.5 Å². The Hall–Kier alpha value is -1.16. The lowest BCUT2D eigenvalue weighted by molar-refractivity contribution is 0.277. The van der Waals surface area contributed by atoms with Gasteiger partial charge in [0.25, 0.3) is 0 Å². The van der Waals surface area contributed by atoms with Gasteiger partial charge < -0.3 is 10.2 Å². The van der Waals surface area contributed by atoms with Crippen LogP contribution in [0.2, 0.25) is 0 Å². The minimum atomic E-state index is 0.653. The molecule has 0 aromatic carbocycles. The van der Waals surface area contributed by atoms with Crippen molar-refractivity contribution in [1.82, 2.24) is 14.9 Å². The molecule has 134 valence electrons. The van der Waals surface area contributed by atoms with Crippen molar-refractivity contribution in [2.75, 3.05) is 32.0 Å². The topological polar surface area (TPSA) is 41.1 Å². The zero-order valence-electron chi connectivity index (χ0n) is 16.2. The number of nitrogens with zero attached hydrogens (tertiary/aromatic N) is 3. The van der Waals surface area contributed by atoms with Crippen molar-refractivity contribution in [3.63, 3.8) is 0 Å². The van der Waals surface area contributed by atoms with Gasteiger partial charge in [-0.2, -0.15) is 0 Å². The molecule has 0 amide bonds. The Balaban J connectivity index is 0.000000377. The number of nitrogens with one attached hydrogen (secondary N) is 1. The molecule has 4 nitrogen and oxygen atoms in total. The molecule has 1 aliphatic carbocycles. The van der Waals surface area contributed by atoms with E-state index in [1.54, 1.807) is 0 Å². The van der Waals surface area contributed by atoms with Crippen molar-refractivity contribution in [2.45, 2.75) is 72.6 Å². The van der Waals surface area contributed by atoms with Crippen molar-refractivity contribution in [2.24, 2.45) is 0 Å². The van der Waals surface area contributed by atoms with Crippen LogP contribution >= 0.6 is 0 Å².